The summed E-state index contributed by atoms with van der Waals surface area (Å²) in [6, 6.07) is 6.12. The number of ether oxygens (including phenoxy) is 1. The van der Waals surface area contributed by atoms with Gasteiger partial charge in [-0.25, -0.2) is 0 Å². The van der Waals surface area contributed by atoms with Crippen molar-refractivity contribution in [3.05, 3.63) is 34.2 Å². The highest BCUT2D eigenvalue weighted by molar-refractivity contribution is 7.71. The smallest absolute Gasteiger partial charge is 0.175 e. The molecular weight excluding hydrogens is 208 g/mol. The second kappa shape index (κ2) is 2.97. The summed E-state index contributed by atoms with van der Waals surface area (Å²) in [5.41, 5.74) is 4.78. The molecule has 0 fully saturated rings. The van der Waals surface area contributed by atoms with Gasteiger partial charge in [-0.1, -0.05) is 6.07 Å². The van der Waals surface area contributed by atoms with E-state index in [-0.39, 0.29) is 0 Å². The van der Waals surface area contributed by atoms with Crippen molar-refractivity contribution in [1.29, 1.82) is 0 Å². The highest BCUT2D eigenvalue weighted by atomic mass is 32.1. The van der Waals surface area contributed by atoms with E-state index in [2.05, 4.69) is 16.0 Å². The summed E-state index contributed by atoms with van der Waals surface area (Å²) in [6.07, 6.45) is 0.918. The van der Waals surface area contributed by atoms with Crippen LogP contribution < -0.4 is 4.74 Å². The predicted octanol–water partition coefficient (Wildman–Crippen LogP) is 2.65. The number of benzene rings is 1. The van der Waals surface area contributed by atoms with Crippen LogP contribution >= 0.6 is 12.2 Å². The molecule has 15 heavy (non-hydrogen) atoms. The van der Waals surface area contributed by atoms with Crippen molar-refractivity contribution < 1.29 is 4.74 Å². The second-order valence-electron chi connectivity index (χ2n) is 3.63. The van der Waals surface area contributed by atoms with Crippen LogP contribution in [-0.4, -0.2) is 17.1 Å². The Hall–Kier alpha value is -1.55. The van der Waals surface area contributed by atoms with Crippen LogP contribution in [0.1, 0.15) is 11.3 Å². The first-order chi connectivity index (χ1) is 7.28. The zero-order chi connectivity index (χ0) is 10.4. The topological polar surface area (TPSA) is 40.8 Å². The molecule has 2 N–H and O–H groups in total. The summed E-state index contributed by atoms with van der Waals surface area (Å²) in [6.45, 7) is 0. The summed E-state index contributed by atoms with van der Waals surface area (Å²) in [4.78, 5) is 6.33. The average Bonchev–Trinajstić information content (AvgIpc) is 2.73. The van der Waals surface area contributed by atoms with Crippen LogP contribution in [0.3, 0.4) is 0 Å². The number of imidazole rings is 1. The van der Waals surface area contributed by atoms with Gasteiger partial charge in [0.1, 0.15) is 5.75 Å². The van der Waals surface area contributed by atoms with E-state index in [1.165, 1.54) is 16.8 Å². The van der Waals surface area contributed by atoms with E-state index < -0.39 is 0 Å². The minimum Gasteiger partial charge on any atom is -0.497 e. The Labute approximate surface area is 92.1 Å². The summed E-state index contributed by atoms with van der Waals surface area (Å²) < 4.78 is 5.90. The van der Waals surface area contributed by atoms with Crippen LogP contribution in [-0.2, 0) is 6.42 Å². The number of fused-ring (bicyclic) bond motifs is 3. The Morgan fingerprint density at radius 1 is 1.33 bits per heavy atom. The highest BCUT2D eigenvalue weighted by Crippen LogP contribution is 2.36. The number of methoxy groups -OCH3 is 1. The standard InChI is InChI=1S/C11H10N2OS/c1-14-7-3-2-6-4-9-10(8(6)5-7)13-11(15)12-9/h2-3,5H,4H2,1H3,(H2,12,13,15). The molecule has 3 nitrogen and oxygen atoms in total. The molecule has 0 atom stereocenters. The summed E-state index contributed by atoms with van der Waals surface area (Å²) in [5.74, 6) is 0.877. The van der Waals surface area contributed by atoms with Gasteiger partial charge in [0, 0.05) is 17.7 Å². The Morgan fingerprint density at radius 3 is 3.00 bits per heavy atom. The summed E-state index contributed by atoms with van der Waals surface area (Å²) in [7, 11) is 1.68. The molecule has 1 aromatic heterocycles. The molecule has 0 unspecified atom stereocenters. The molecule has 0 saturated heterocycles. The van der Waals surface area contributed by atoms with Gasteiger partial charge in [-0.15, -0.1) is 0 Å². The Balaban J connectivity index is 2.24. The van der Waals surface area contributed by atoms with Gasteiger partial charge in [-0.2, -0.15) is 0 Å². The number of H-pyrrole nitrogens is 2. The van der Waals surface area contributed by atoms with E-state index in [1.54, 1.807) is 7.11 Å². The van der Waals surface area contributed by atoms with Crippen molar-refractivity contribution in [1.82, 2.24) is 9.97 Å². The van der Waals surface area contributed by atoms with Crippen LogP contribution in [0.4, 0.5) is 0 Å². The van der Waals surface area contributed by atoms with Crippen molar-refractivity contribution in [3.63, 3.8) is 0 Å². The minimum atomic E-state index is 0.688. The van der Waals surface area contributed by atoms with E-state index in [9.17, 15) is 0 Å². The van der Waals surface area contributed by atoms with Crippen LogP contribution in [0.15, 0.2) is 18.2 Å². The number of hydrogen-bond acceptors (Lipinski definition) is 2. The quantitative estimate of drug-likeness (QED) is 0.616. The number of aromatic amines is 2. The first-order valence-corrected chi connectivity index (χ1v) is 5.17. The molecule has 2 aromatic rings. The number of hydrogen-bond donors (Lipinski definition) is 2. The molecule has 1 aliphatic carbocycles. The van der Waals surface area contributed by atoms with Gasteiger partial charge in [-0.3, -0.25) is 0 Å². The van der Waals surface area contributed by atoms with Gasteiger partial charge < -0.3 is 14.7 Å². The van der Waals surface area contributed by atoms with E-state index in [0.717, 1.165) is 17.9 Å². The van der Waals surface area contributed by atoms with Crippen LogP contribution in [0.2, 0.25) is 0 Å². The normalized spacial score (nSPS) is 12.3. The largest absolute Gasteiger partial charge is 0.497 e. The van der Waals surface area contributed by atoms with Crippen LogP contribution in [0.25, 0.3) is 11.3 Å². The maximum absolute atomic E-state index is 5.21. The fraction of sp³-hybridized carbons (Fsp3) is 0.182. The maximum atomic E-state index is 5.21. The number of nitrogens with one attached hydrogen (secondary N) is 2. The number of rotatable bonds is 1. The lowest BCUT2D eigenvalue weighted by molar-refractivity contribution is 0.415. The zero-order valence-corrected chi connectivity index (χ0v) is 9.07. The molecule has 76 valence electrons. The lowest BCUT2D eigenvalue weighted by Crippen LogP contribution is -1.86. The lowest BCUT2D eigenvalue weighted by atomic mass is 10.1. The third kappa shape index (κ3) is 1.22. The van der Waals surface area contributed by atoms with E-state index in [4.69, 9.17) is 17.0 Å². The van der Waals surface area contributed by atoms with Crippen molar-refractivity contribution in [2.24, 2.45) is 0 Å². The first kappa shape index (κ1) is 8.73. The van der Waals surface area contributed by atoms with Crippen molar-refractivity contribution in [2.75, 3.05) is 7.11 Å². The fourth-order valence-corrected chi connectivity index (χ4v) is 2.27. The average molecular weight is 218 g/mol. The molecule has 0 radical (unpaired) electrons. The van der Waals surface area contributed by atoms with Crippen LogP contribution in [0, 0.1) is 4.77 Å². The fourth-order valence-electron chi connectivity index (χ4n) is 2.04. The third-order valence-corrected chi connectivity index (χ3v) is 2.96. The molecule has 1 aliphatic rings. The maximum Gasteiger partial charge on any atom is 0.175 e. The Morgan fingerprint density at radius 2 is 2.20 bits per heavy atom. The summed E-state index contributed by atoms with van der Waals surface area (Å²) in [5, 5.41) is 0. The van der Waals surface area contributed by atoms with Crippen molar-refractivity contribution in [3.8, 4) is 17.0 Å². The monoisotopic (exact) mass is 218 g/mol. The predicted molar refractivity (Wildman–Crippen MR) is 60.8 cm³/mol. The lowest BCUT2D eigenvalue weighted by Gasteiger charge is -2.03. The van der Waals surface area contributed by atoms with E-state index in [1.807, 2.05) is 12.1 Å². The van der Waals surface area contributed by atoms with Gasteiger partial charge in [0.05, 0.1) is 12.8 Å². The summed E-state index contributed by atoms with van der Waals surface area (Å²) >= 11 is 5.07. The third-order valence-electron chi connectivity index (χ3n) is 2.76. The van der Waals surface area contributed by atoms with Crippen LogP contribution in [0.5, 0.6) is 5.75 Å². The molecule has 0 bridgehead atoms. The molecule has 4 heteroatoms. The molecular formula is C11H10N2OS. The van der Waals surface area contributed by atoms with Gasteiger partial charge in [0.25, 0.3) is 0 Å². The van der Waals surface area contributed by atoms with E-state index >= 15 is 0 Å². The van der Waals surface area contributed by atoms with E-state index in [0.29, 0.717) is 4.77 Å². The Bertz CT molecular complexity index is 583. The second-order valence-corrected chi connectivity index (χ2v) is 4.04. The van der Waals surface area contributed by atoms with Crippen molar-refractivity contribution >= 4 is 12.2 Å². The molecule has 0 amide bonds. The zero-order valence-electron chi connectivity index (χ0n) is 8.26. The molecule has 0 aliphatic heterocycles. The highest BCUT2D eigenvalue weighted by Gasteiger charge is 2.20. The van der Waals surface area contributed by atoms with Gasteiger partial charge >= 0.3 is 0 Å². The van der Waals surface area contributed by atoms with Gasteiger partial charge in [0.15, 0.2) is 4.77 Å². The molecule has 0 saturated carbocycles. The molecule has 0 spiro atoms. The molecule has 3 rings (SSSR count). The number of aromatic nitrogens is 2. The molecule has 1 aromatic carbocycles. The van der Waals surface area contributed by atoms with Crippen molar-refractivity contribution in [2.45, 2.75) is 6.42 Å². The van der Waals surface area contributed by atoms with Gasteiger partial charge in [-0.05, 0) is 29.9 Å². The minimum absolute atomic E-state index is 0.688. The SMILES string of the molecule is COc1ccc2c(c1)-c1[nH]c(=S)[nH]c1C2. The Kier molecular flexibility index (Phi) is 1.73. The molecule has 1 heterocycles. The van der Waals surface area contributed by atoms with Gasteiger partial charge in [0.2, 0.25) is 0 Å². The first-order valence-electron chi connectivity index (χ1n) is 4.76.